The van der Waals surface area contributed by atoms with Gasteiger partial charge in [-0.1, -0.05) is 72.2 Å². The standard InChI is InChI=1S/C27H36BrN2O6P/c1-5-35-37(33,36-6-2)19-29(16-20(3)4)27(32)30-17-22-13-10-14-24(28)23(22)15-25(30)26(31)34-18-21-11-8-7-9-12-21/h7-14,20,25H,5-6,15-19H2,1-4H3. The Kier molecular flexibility index (Phi) is 10.8. The number of rotatable bonds is 11. The molecule has 0 saturated heterocycles. The molecule has 1 unspecified atom stereocenters. The summed E-state index contributed by atoms with van der Waals surface area (Å²) in [6.07, 6.45) is 0.111. The van der Waals surface area contributed by atoms with Gasteiger partial charge in [-0.2, -0.15) is 0 Å². The number of hydrogen-bond acceptors (Lipinski definition) is 6. The average Bonchev–Trinajstić information content (AvgIpc) is 2.86. The molecule has 2 amide bonds. The Bertz CT molecular complexity index is 1100. The second-order valence-corrected chi connectivity index (χ2v) is 12.2. The van der Waals surface area contributed by atoms with Gasteiger partial charge in [0.25, 0.3) is 0 Å². The number of fused-ring (bicyclic) bond motifs is 1. The largest absolute Gasteiger partial charge is 0.459 e. The van der Waals surface area contributed by atoms with Crippen LogP contribution in [-0.2, 0) is 42.7 Å². The number of urea groups is 1. The van der Waals surface area contributed by atoms with Crippen LogP contribution in [0.3, 0.4) is 0 Å². The summed E-state index contributed by atoms with van der Waals surface area (Å²) >= 11 is 3.59. The molecule has 1 aliphatic rings. The van der Waals surface area contributed by atoms with E-state index in [1.54, 1.807) is 13.8 Å². The van der Waals surface area contributed by atoms with Crippen molar-refractivity contribution in [2.24, 2.45) is 5.92 Å². The maximum Gasteiger partial charge on any atom is 0.349 e. The van der Waals surface area contributed by atoms with Crippen LogP contribution >= 0.6 is 23.5 Å². The Balaban J connectivity index is 1.91. The van der Waals surface area contributed by atoms with Crippen LogP contribution < -0.4 is 0 Å². The lowest BCUT2D eigenvalue weighted by Crippen LogP contribution is -2.54. The van der Waals surface area contributed by atoms with E-state index in [0.29, 0.717) is 13.0 Å². The Morgan fingerprint density at radius 2 is 1.76 bits per heavy atom. The van der Waals surface area contributed by atoms with Crippen LogP contribution in [0.2, 0.25) is 0 Å². The zero-order valence-electron chi connectivity index (χ0n) is 21.9. The molecule has 0 saturated carbocycles. The van der Waals surface area contributed by atoms with Crippen molar-refractivity contribution < 1.29 is 27.9 Å². The third-order valence-electron chi connectivity index (χ3n) is 5.92. The first-order valence-corrected chi connectivity index (χ1v) is 15.1. The summed E-state index contributed by atoms with van der Waals surface area (Å²) in [5, 5.41) is 0. The van der Waals surface area contributed by atoms with Crippen molar-refractivity contribution in [1.29, 1.82) is 0 Å². The smallest absolute Gasteiger partial charge is 0.349 e. The molecule has 37 heavy (non-hydrogen) atoms. The monoisotopic (exact) mass is 594 g/mol. The van der Waals surface area contributed by atoms with E-state index in [-0.39, 0.29) is 38.6 Å². The van der Waals surface area contributed by atoms with E-state index in [0.717, 1.165) is 21.2 Å². The molecule has 3 rings (SSSR count). The quantitative estimate of drug-likeness (QED) is 0.227. The van der Waals surface area contributed by atoms with E-state index in [1.807, 2.05) is 62.4 Å². The summed E-state index contributed by atoms with van der Waals surface area (Å²) < 4.78 is 30.9. The van der Waals surface area contributed by atoms with E-state index in [9.17, 15) is 14.2 Å². The summed E-state index contributed by atoms with van der Waals surface area (Å²) in [6.45, 7) is 8.47. The zero-order chi connectivity index (χ0) is 27.0. The topological polar surface area (TPSA) is 85.4 Å². The molecule has 1 aliphatic heterocycles. The van der Waals surface area contributed by atoms with Crippen LogP contribution in [0.25, 0.3) is 0 Å². The molecule has 8 nitrogen and oxygen atoms in total. The Hall–Kier alpha value is -2.19. The fraction of sp³-hybridized carbons (Fsp3) is 0.481. The number of halogens is 1. The minimum atomic E-state index is -3.55. The van der Waals surface area contributed by atoms with E-state index in [4.69, 9.17) is 13.8 Å². The van der Waals surface area contributed by atoms with Gasteiger partial charge in [-0.25, -0.2) is 9.59 Å². The van der Waals surface area contributed by atoms with Crippen molar-refractivity contribution in [3.63, 3.8) is 0 Å². The number of carbonyl (C=O) groups excluding carboxylic acids is 2. The zero-order valence-corrected chi connectivity index (χ0v) is 24.4. The van der Waals surface area contributed by atoms with Gasteiger partial charge in [-0.15, -0.1) is 0 Å². The van der Waals surface area contributed by atoms with Gasteiger partial charge in [-0.05, 0) is 42.5 Å². The normalized spacial score (nSPS) is 15.4. The summed E-state index contributed by atoms with van der Waals surface area (Å²) in [4.78, 5) is 30.4. The van der Waals surface area contributed by atoms with Gasteiger partial charge < -0.3 is 23.6 Å². The molecule has 10 heteroatoms. The van der Waals surface area contributed by atoms with Crippen molar-refractivity contribution in [3.8, 4) is 0 Å². The van der Waals surface area contributed by atoms with Crippen molar-refractivity contribution >= 4 is 35.5 Å². The Morgan fingerprint density at radius 1 is 1.08 bits per heavy atom. The maximum absolute atomic E-state index is 14.0. The van der Waals surface area contributed by atoms with Crippen LogP contribution in [0.1, 0.15) is 44.4 Å². The number of benzene rings is 2. The maximum atomic E-state index is 14.0. The van der Waals surface area contributed by atoms with Crippen LogP contribution in [-0.4, -0.2) is 53.9 Å². The highest BCUT2D eigenvalue weighted by molar-refractivity contribution is 9.10. The molecule has 2 aromatic rings. The molecule has 1 atom stereocenters. The molecule has 0 radical (unpaired) electrons. The lowest BCUT2D eigenvalue weighted by atomic mass is 9.94. The Morgan fingerprint density at radius 3 is 2.38 bits per heavy atom. The first-order chi connectivity index (χ1) is 17.7. The molecule has 0 N–H and O–H groups in total. The molecule has 0 spiro atoms. The number of esters is 1. The molecule has 202 valence electrons. The first kappa shape index (κ1) is 29.4. The van der Waals surface area contributed by atoms with Gasteiger partial charge in [0.1, 0.15) is 18.9 Å². The molecule has 0 bridgehead atoms. The summed E-state index contributed by atoms with van der Waals surface area (Å²) in [6, 6.07) is 14.0. The highest BCUT2D eigenvalue weighted by atomic mass is 79.9. The van der Waals surface area contributed by atoms with Gasteiger partial charge in [-0.3, -0.25) is 4.57 Å². The second kappa shape index (κ2) is 13.6. The number of carbonyl (C=O) groups is 2. The average molecular weight is 595 g/mol. The van der Waals surface area contributed by atoms with Gasteiger partial charge in [0.2, 0.25) is 0 Å². The van der Waals surface area contributed by atoms with Gasteiger partial charge in [0.15, 0.2) is 0 Å². The minimum absolute atomic E-state index is 0.0929. The fourth-order valence-electron chi connectivity index (χ4n) is 4.35. The molecule has 2 aromatic carbocycles. The van der Waals surface area contributed by atoms with Gasteiger partial charge in [0, 0.05) is 24.0 Å². The fourth-order valence-corrected chi connectivity index (χ4v) is 6.60. The minimum Gasteiger partial charge on any atom is -0.459 e. The predicted molar refractivity (Wildman–Crippen MR) is 146 cm³/mol. The third kappa shape index (κ3) is 7.90. The van der Waals surface area contributed by atoms with Crippen LogP contribution in [0.15, 0.2) is 53.0 Å². The van der Waals surface area contributed by atoms with Crippen molar-refractivity contribution in [3.05, 3.63) is 69.7 Å². The van der Waals surface area contributed by atoms with E-state index < -0.39 is 25.6 Å². The lowest BCUT2D eigenvalue weighted by Gasteiger charge is -2.39. The summed E-state index contributed by atoms with van der Waals surface area (Å²) in [7, 11) is -3.55. The van der Waals surface area contributed by atoms with Gasteiger partial charge in [0.05, 0.1) is 13.2 Å². The highest BCUT2D eigenvalue weighted by Gasteiger charge is 2.40. The molecular formula is C27H36BrN2O6P. The summed E-state index contributed by atoms with van der Waals surface area (Å²) in [5.74, 6) is -0.392. The number of amides is 2. The van der Waals surface area contributed by atoms with Gasteiger partial charge >= 0.3 is 19.6 Å². The molecule has 1 heterocycles. The van der Waals surface area contributed by atoms with Crippen molar-refractivity contribution in [2.45, 2.75) is 53.3 Å². The second-order valence-electron chi connectivity index (χ2n) is 9.31. The lowest BCUT2D eigenvalue weighted by molar-refractivity contribution is -0.151. The highest BCUT2D eigenvalue weighted by Crippen LogP contribution is 2.49. The molecule has 0 aromatic heterocycles. The van der Waals surface area contributed by atoms with Crippen molar-refractivity contribution in [2.75, 3.05) is 26.0 Å². The van der Waals surface area contributed by atoms with Crippen LogP contribution in [0.4, 0.5) is 4.79 Å². The first-order valence-electron chi connectivity index (χ1n) is 12.6. The number of ether oxygens (including phenoxy) is 1. The van der Waals surface area contributed by atoms with E-state index in [2.05, 4.69) is 15.9 Å². The van der Waals surface area contributed by atoms with Crippen LogP contribution in [0.5, 0.6) is 0 Å². The van der Waals surface area contributed by atoms with Crippen LogP contribution in [0, 0.1) is 5.92 Å². The summed E-state index contributed by atoms with van der Waals surface area (Å²) in [5.41, 5.74) is 2.77. The number of hydrogen-bond donors (Lipinski definition) is 0. The van der Waals surface area contributed by atoms with Crippen molar-refractivity contribution in [1.82, 2.24) is 9.80 Å². The predicted octanol–water partition coefficient (Wildman–Crippen LogP) is 6.22. The van der Waals surface area contributed by atoms with E-state index in [1.165, 1.54) is 9.80 Å². The molecular weight excluding hydrogens is 559 g/mol. The van der Waals surface area contributed by atoms with E-state index >= 15 is 0 Å². The Labute approximate surface area is 227 Å². The molecule has 0 fully saturated rings. The SMILES string of the molecule is CCOP(=O)(CN(CC(C)C)C(=O)N1Cc2cccc(Br)c2CC1C(=O)OCc1ccccc1)OCC. The number of nitrogens with zero attached hydrogens (tertiary/aromatic N) is 2. The molecule has 0 aliphatic carbocycles. The third-order valence-corrected chi connectivity index (χ3v) is 8.66.